The largest absolute Gasteiger partial charge is 0.478 e. The fourth-order valence-corrected chi connectivity index (χ4v) is 2.44. The Bertz CT molecular complexity index is 479. The molecule has 0 saturated carbocycles. The minimum Gasteiger partial charge on any atom is -0.478 e. The van der Waals surface area contributed by atoms with E-state index in [4.69, 9.17) is 5.11 Å². The zero-order valence-electron chi connectivity index (χ0n) is 11.0. The van der Waals surface area contributed by atoms with Gasteiger partial charge in [0, 0.05) is 19.3 Å². The van der Waals surface area contributed by atoms with Crippen LogP contribution in [-0.2, 0) is 0 Å². The molecule has 1 aromatic heterocycles. The lowest BCUT2D eigenvalue weighted by molar-refractivity contribution is 0.0645. The number of pyridine rings is 1. The van der Waals surface area contributed by atoms with Gasteiger partial charge in [-0.1, -0.05) is 13.3 Å². The summed E-state index contributed by atoms with van der Waals surface area (Å²) in [5.74, 6) is -0.709. The molecule has 0 aliphatic carbocycles. The van der Waals surface area contributed by atoms with E-state index in [1.807, 2.05) is 0 Å². The number of hydrogen-bond donors (Lipinski definition) is 1. The minimum atomic E-state index is -1.11. The average Bonchev–Trinajstić information content (AvgIpc) is 2.46. The van der Waals surface area contributed by atoms with Crippen LogP contribution < -0.4 is 0 Å². The van der Waals surface area contributed by atoms with Crippen LogP contribution in [0.15, 0.2) is 18.3 Å². The molecule has 1 aliphatic rings. The first-order valence-electron chi connectivity index (χ1n) is 6.61. The van der Waals surface area contributed by atoms with Gasteiger partial charge in [0.2, 0.25) is 0 Å². The molecule has 1 N–H and O–H groups in total. The van der Waals surface area contributed by atoms with Crippen LogP contribution in [0.25, 0.3) is 0 Å². The Kier molecular flexibility index (Phi) is 4.14. The Labute approximate surface area is 112 Å². The highest BCUT2D eigenvalue weighted by Gasteiger charge is 2.26. The van der Waals surface area contributed by atoms with Gasteiger partial charge in [0.15, 0.2) is 0 Å². The first kappa shape index (κ1) is 13.5. The summed E-state index contributed by atoms with van der Waals surface area (Å²) < 4.78 is 0. The van der Waals surface area contributed by atoms with Crippen molar-refractivity contribution >= 4 is 11.9 Å². The number of amides is 1. The van der Waals surface area contributed by atoms with Crippen molar-refractivity contribution in [1.82, 2.24) is 9.88 Å². The summed E-state index contributed by atoms with van der Waals surface area (Å²) >= 11 is 0. The van der Waals surface area contributed by atoms with Gasteiger partial charge in [0.1, 0.15) is 5.69 Å². The molecule has 0 spiro atoms. The normalized spacial score (nSPS) is 16.4. The zero-order valence-corrected chi connectivity index (χ0v) is 11.0. The Morgan fingerprint density at radius 3 is 2.68 bits per heavy atom. The average molecular weight is 262 g/mol. The highest BCUT2D eigenvalue weighted by molar-refractivity contribution is 6.03. The SMILES string of the molecule is CCC1CCN(C(=O)c2ncccc2C(=O)O)CC1. The Morgan fingerprint density at radius 1 is 1.42 bits per heavy atom. The molecule has 19 heavy (non-hydrogen) atoms. The van der Waals surface area contributed by atoms with E-state index in [9.17, 15) is 9.59 Å². The number of carbonyl (C=O) groups is 2. The van der Waals surface area contributed by atoms with Crippen LogP contribution in [0.1, 0.15) is 47.0 Å². The van der Waals surface area contributed by atoms with Crippen molar-refractivity contribution in [3.63, 3.8) is 0 Å². The summed E-state index contributed by atoms with van der Waals surface area (Å²) in [6.45, 7) is 3.53. The van der Waals surface area contributed by atoms with Crippen LogP contribution in [0.2, 0.25) is 0 Å². The van der Waals surface area contributed by atoms with Gasteiger partial charge in [0.25, 0.3) is 5.91 Å². The topological polar surface area (TPSA) is 70.5 Å². The molecule has 1 saturated heterocycles. The predicted molar refractivity (Wildman–Crippen MR) is 70.1 cm³/mol. The summed E-state index contributed by atoms with van der Waals surface area (Å²) in [5.41, 5.74) is 0.0232. The Balaban J connectivity index is 2.15. The van der Waals surface area contributed by atoms with Crippen molar-refractivity contribution in [2.75, 3.05) is 13.1 Å². The molecule has 0 bridgehead atoms. The molecule has 1 amide bonds. The number of nitrogens with zero attached hydrogens (tertiary/aromatic N) is 2. The molecule has 2 rings (SSSR count). The molecule has 0 aromatic carbocycles. The number of hydrogen-bond acceptors (Lipinski definition) is 3. The van der Waals surface area contributed by atoms with E-state index < -0.39 is 5.97 Å². The molecule has 5 nitrogen and oxygen atoms in total. The van der Waals surface area contributed by atoms with Gasteiger partial charge >= 0.3 is 5.97 Å². The maximum Gasteiger partial charge on any atom is 0.338 e. The van der Waals surface area contributed by atoms with Crippen molar-refractivity contribution in [3.05, 3.63) is 29.6 Å². The molecular formula is C14H18N2O3. The standard InChI is InChI=1S/C14H18N2O3/c1-2-10-5-8-16(9-6-10)13(17)12-11(14(18)19)4-3-7-15-12/h3-4,7,10H,2,5-6,8-9H2,1H3,(H,18,19). The molecule has 1 fully saturated rings. The van der Waals surface area contributed by atoms with Gasteiger partial charge in [-0.15, -0.1) is 0 Å². The summed E-state index contributed by atoms with van der Waals surface area (Å²) in [5, 5.41) is 9.08. The smallest absolute Gasteiger partial charge is 0.338 e. The highest BCUT2D eigenvalue weighted by Crippen LogP contribution is 2.21. The lowest BCUT2D eigenvalue weighted by Crippen LogP contribution is -2.39. The quantitative estimate of drug-likeness (QED) is 0.905. The third kappa shape index (κ3) is 2.92. The van der Waals surface area contributed by atoms with Crippen molar-refractivity contribution in [2.24, 2.45) is 5.92 Å². The van der Waals surface area contributed by atoms with E-state index in [2.05, 4.69) is 11.9 Å². The summed E-state index contributed by atoms with van der Waals surface area (Å²) in [6.07, 6.45) is 4.55. The van der Waals surface area contributed by atoms with E-state index in [-0.39, 0.29) is 17.2 Å². The van der Waals surface area contributed by atoms with Crippen LogP contribution in [0.5, 0.6) is 0 Å². The van der Waals surface area contributed by atoms with Gasteiger partial charge in [-0.3, -0.25) is 9.78 Å². The van der Waals surface area contributed by atoms with Gasteiger partial charge in [0.05, 0.1) is 5.56 Å². The zero-order chi connectivity index (χ0) is 13.8. The number of carboxylic acids is 1. The van der Waals surface area contributed by atoms with Crippen molar-refractivity contribution in [1.29, 1.82) is 0 Å². The van der Waals surface area contributed by atoms with Crippen LogP contribution in [0, 0.1) is 5.92 Å². The third-order valence-corrected chi connectivity index (χ3v) is 3.72. The molecule has 0 unspecified atom stereocenters. The number of carboxylic acid groups (broad SMARTS) is 1. The second-order valence-corrected chi connectivity index (χ2v) is 4.85. The molecule has 102 valence electrons. The number of carbonyl (C=O) groups excluding carboxylic acids is 1. The molecule has 0 atom stereocenters. The lowest BCUT2D eigenvalue weighted by atomic mass is 9.94. The number of likely N-dealkylation sites (tertiary alicyclic amines) is 1. The van der Waals surface area contributed by atoms with Crippen molar-refractivity contribution in [2.45, 2.75) is 26.2 Å². The van der Waals surface area contributed by atoms with Gasteiger partial charge in [-0.25, -0.2) is 4.79 Å². The highest BCUT2D eigenvalue weighted by atomic mass is 16.4. The second kappa shape index (κ2) is 5.82. The number of aromatic nitrogens is 1. The summed E-state index contributed by atoms with van der Waals surface area (Å²) in [6, 6.07) is 2.95. The minimum absolute atomic E-state index is 0.0230. The van der Waals surface area contributed by atoms with E-state index in [0.717, 1.165) is 19.3 Å². The van der Waals surface area contributed by atoms with E-state index in [1.54, 1.807) is 4.90 Å². The molecule has 1 aliphatic heterocycles. The molecule has 5 heteroatoms. The molecular weight excluding hydrogens is 244 g/mol. The fourth-order valence-electron chi connectivity index (χ4n) is 2.44. The molecule has 1 aromatic rings. The van der Waals surface area contributed by atoms with Crippen LogP contribution >= 0.6 is 0 Å². The summed E-state index contributed by atoms with van der Waals surface area (Å²) in [4.78, 5) is 29.1. The van der Waals surface area contributed by atoms with Crippen LogP contribution in [0.4, 0.5) is 0 Å². The predicted octanol–water partition coefficient (Wildman–Crippen LogP) is 2.04. The maximum atomic E-state index is 12.3. The first-order valence-corrected chi connectivity index (χ1v) is 6.61. The lowest BCUT2D eigenvalue weighted by Gasteiger charge is -2.31. The first-order chi connectivity index (χ1) is 9.13. The molecule has 2 heterocycles. The number of piperidine rings is 1. The van der Waals surface area contributed by atoms with Crippen LogP contribution in [-0.4, -0.2) is 40.0 Å². The molecule has 0 radical (unpaired) electrons. The number of aromatic carboxylic acids is 1. The van der Waals surface area contributed by atoms with E-state index >= 15 is 0 Å². The van der Waals surface area contributed by atoms with Crippen molar-refractivity contribution < 1.29 is 14.7 Å². The van der Waals surface area contributed by atoms with E-state index in [1.165, 1.54) is 18.3 Å². The Hall–Kier alpha value is -1.91. The van der Waals surface area contributed by atoms with Crippen LogP contribution in [0.3, 0.4) is 0 Å². The van der Waals surface area contributed by atoms with Gasteiger partial charge < -0.3 is 10.0 Å². The number of rotatable bonds is 3. The monoisotopic (exact) mass is 262 g/mol. The van der Waals surface area contributed by atoms with Gasteiger partial charge in [-0.05, 0) is 30.9 Å². The summed E-state index contributed by atoms with van der Waals surface area (Å²) in [7, 11) is 0. The van der Waals surface area contributed by atoms with Crippen molar-refractivity contribution in [3.8, 4) is 0 Å². The second-order valence-electron chi connectivity index (χ2n) is 4.85. The maximum absolute atomic E-state index is 12.3. The van der Waals surface area contributed by atoms with Gasteiger partial charge in [-0.2, -0.15) is 0 Å². The van der Waals surface area contributed by atoms with E-state index in [0.29, 0.717) is 19.0 Å². The third-order valence-electron chi connectivity index (χ3n) is 3.72. The fraction of sp³-hybridized carbons (Fsp3) is 0.500. The Morgan fingerprint density at radius 2 is 2.11 bits per heavy atom.